The van der Waals surface area contributed by atoms with E-state index >= 15 is 0 Å². The molecule has 0 bridgehead atoms. The van der Waals surface area contributed by atoms with E-state index in [9.17, 15) is 15.0 Å². The first-order chi connectivity index (χ1) is 10.6. The Labute approximate surface area is 134 Å². The molecule has 0 fully saturated rings. The van der Waals surface area contributed by atoms with Crippen LogP contribution in [0.1, 0.15) is 71.6 Å². The number of carbonyl (C=O) groups excluding carboxylic acids is 1. The smallest absolute Gasteiger partial charge is 0.311 e. The van der Waals surface area contributed by atoms with Gasteiger partial charge in [0.05, 0.1) is 24.7 Å². The molecule has 0 heterocycles. The molecule has 0 aromatic carbocycles. The molecule has 0 saturated carbocycles. The van der Waals surface area contributed by atoms with Crippen LogP contribution in [0.25, 0.3) is 0 Å². The second kappa shape index (κ2) is 14.0. The van der Waals surface area contributed by atoms with E-state index in [4.69, 9.17) is 9.84 Å². The summed E-state index contributed by atoms with van der Waals surface area (Å²) in [7, 11) is 0. The third-order valence-electron chi connectivity index (χ3n) is 3.88. The SMILES string of the molecule is CCCCCCC(C(=O)OCCCO)C(O)C(O)CCCC. The molecular formula is C17H34O5. The van der Waals surface area contributed by atoms with Gasteiger partial charge in [0.15, 0.2) is 0 Å². The summed E-state index contributed by atoms with van der Waals surface area (Å²) in [5.74, 6) is -1.14. The van der Waals surface area contributed by atoms with E-state index < -0.39 is 24.1 Å². The Bertz CT molecular complexity index is 270. The Balaban J connectivity index is 4.50. The minimum atomic E-state index is -1.07. The maximum atomic E-state index is 12.1. The van der Waals surface area contributed by atoms with Gasteiger partial charge in [-0.25, -0.2) is 0 Å². The summed E-state index contributed by atoms with van der Waals surface area (Å²) in [5.41, 5.74) is 0. The molecule has 3 unspecified atom stereocenters. The molecule has 0 rings (SSSR count). The van der Waals surface area contributed by atoms with Crippen molar-refractivity contribution in [1.29, 1.82) is 0 Å². The standard InChI is InChI=1S/C17H34O5/c1-3-5-7-8-10-14(17(21)22-13-9-12-18)16(20)15(19)11-6-4-2/h14-16,18-20H,3-13H2,1-2H3. The van der Waals surface area contributed by atoms with Crippen molar-refractivity contribution in [3.05, 3.63) is 0 Å². The van der Waals surface area contributed by atoms with E-state index in [0.29, 0.717) is 19.3 Å². The Morgan fingerprint density at radius 3 is 2.23 bits per heavy atom. The third-order valence-corrected chi connectivity index (χ3v) is 3.88. The molecule has 5 heteroatoms. The molecule has 0 aromatic heterocycles. The molecule has 3 atom stereocenters. The van der Waals surface area contributed by atoms with Gasteiger partial charge in [-0.2, -0.15) is 0 Å². The van der Waals surface area contributed by atoms with Crippen LogP contribution in [0.2, 0.25) is 0 Å². The summed E-state index contributed by atoms with van der Waals surface area (Å²) >= 11 is 0. The molecule has 0 radical (unpaired) electrons. The quantitative estimate of drug-likeness (QED) is 0.338. The topological polar surface area (TPSA) is 87.0 Å². The number of carbonyl (C=O) groups is 1. The number of aliphatic hydroxyl groups excluding tert-OH is 3. The van der Waals surface area contributed by atoms with Gasteiger partial charge in [0.2, 0.25) is 0 Å². The number of aliphatic hydroxyl groups is 3. The summed E-state index contributed by atoms with van der Waals surface area (Å²) < 4.78 is 5.11. The van der Waals surface area contributed by atoms with E-state index in [0.717, 1.165) is 38.5 Å². The second-order valence-electron chi connectivity index (χ2n) is 5.90. The monoisotopic (exact) mass is 318 g/mol. The summed E-state index contributed by atoms with van der Waals surface area (Å²) in [6.07, 6.45) is 5.26. The number of ether oxygens (including phenoxy) is 1. The molecule has 132 valence electrons. The zero-order valence-corrected chi connectivity index (χ0v) is 14.2. The Morgan fingerprint density at radius 2 is 1.64 bits per heavy atom. The minimum Gasteiger partial charge on any atom is -0.465 e. The molecule has 0 amide bonds. The highest BCUT2D eigenvalue weighted by atomic mass is 16.5. The lowest BCUT2D eigenvalue weighted by molar-refractivity contribution is -0.157. The van der Waals surface area contributed by atoms with Gasteiger partial charge in [-0.3, -0.25) is 4.79 Å². The van der Waals surface area contributed by atoms with Crippen molar-refractivity contribution in [3.63, 3.8) is 0 Å². The van der Waals surface area contributed by atoms with Crippen molar-refractivity contribution in [1.82, 2.24) is 0 Å². The van der Waals surface area contributed by atoms with Crippen LogP contribution in [-0.2, 0) is 9.53 Å². The van der Waals surface area contributed by atoms with Gasteiger partial charge < -0.3 is 20.1 Å². The van der Waals surface area contributed by atoms with E-state index in [1.807, 2.05) is 6.92 Å². The molecule has 0 aliphatic carbocycles. The van der Waals surface area contributed by atoms with Crippen LogP contribution in [-0.4, -0.2) is 46.7 Å². The fourth-order valence-corrected chi connectivity index (χ4v) is 2.42. The first-order valence-corrected chi connectivity index (χ1v) is 8.72. The zero-order valence-electron chi connectivity index (χ0n) is 14.2. The van der Waals surface area contributed by atoms with Crippen molar-refractivity contribution in [2.75, 3.05) is 13.2 Å². The highest BCUT2D eigenvalue weighted by Crippen LogP contribution is 2.21. The van der Waals surface area contributed by atoms with E-state index in [2.05, 4.69) is 6.92 Å². The molecule has 3 N–H and O–H groups in total. The van der Waals surface area contributed by atoms with Gasteiger partial charge in [-0.05, 0) is 12.8 Å². The van der Waals surface area contributed by atoms with E-state index in [-0.39, 0.29) is 13.2 Å². The van der Waals surface area contributed by atoms with Gasteiger partial charge >= 0.3 is 5.97 Å². The fraction of sp³-hybridized carbons (Fsp3) is 0.941. The number of rotatable bonds is 14. The van der Waals surface area contributed by atoms with E-state index in [1.54, 1.807) is 0 Å². The van der Waals surface area contributed by atoms with Gasteiger partial charge in [-0.1, -0.05) is 52.4 Å². The lowest BCUT2D eigenvalue weighted by atomic mass is 9.90. The molecular weight excluding hydrogens is 284 g/mol. The normalized spacial score (nSPS) is 15.3. The highest BCUT2D eigenvalue weighted by molar-refractivity contribution is 5.73. The van der Waals surface area contributed by atoms with Crippen LogP contribution < -0.4 is 0 Å². The van der Waals surface area contributed by atoms with Crippen molar-refractivity contribution in [3.8, 4) is 0 Å². The minimum absolute atomic E-state index is 0.0316. The predicted octanol–water partition coefficient (Wildman–Crippen LogP) is 2.41. The van der Waals surface area contributed by atoms with Crippen LogP contribution >= 0.6 is 0 Å². The van der Waals surface area contributed by atoms with E-state index in [1.165, 1.54) is 0 Å². The van der Waals surface area contributed by atoms with Crippen LogP contribution in [0.3, 0.4) is 0 Å². The summed E-state index contributed by atoms with van der Waals surface area (Å²) in [6.45, 7) is 4.25. The van der Waals surface area contributed by atoms with Crippen molar-refractivity contribution >= 4 is 5.97 Å². The Morgan fingerprint density at radius 1 is 0.955 bits per heavy atom. The average molecular weight is 318 g/mol. The number of hydrogen-bond acceptors (Lipinski definition) is 5. The summed E-state index contributed by atoms with van der Waals surface area (Å²) in [4.78, 5) is 12.1. The zero-order chi connectivity index (χ0) is 16.8. The molecule has 0 aliphatic rings. The molecule has 5 nitrogen and oxygen atoms in total. The molecule has 0 saturated heterocycles. The van der Waals surface area contributed by atoms with Gasteiger partial charge in [0.1, 0.15) is 0 Å². The second-order valence-corrected chi connectivity index (χ2v) is 5.90. The lowest BCUT2D eigenvalue weighted by Gasteiger charge is -2.25. The summed E-state index contributed by atoms with van der Waals surface area (Å²) in [6, 6.07) is 0. The number of unbranched alkanes of at least 4 members (excludes halogenated alkanes) is 4. The van der Waals surface area contributed by atoms with Crippen LogP contribution in [0.15, 0.2) is 0 Å². The van der Waals surface area contributed by atoms with Gasteiger partial charge in [0, 0.05) is 13.0 Å². The van der Waals surface area contributed by atoms with Crippen LogP contribution in [0, 0.1) is 5.92 Å². The molecule has 22 heavy (non-hydrogen) atoms. The van der Waals surface area contributed by atoms with Crippen molar-refractivity contribution in [2.24, 2.45) is 5.92 Å². The summed E-state index contributed by atoms with van der Waals surface area (Å²) in [5, 5.41) is 29.1. The maximum Gasteiger partial charge on any atom is 0.311 e. The maximum absolute atomic E-state index is 12.1. The van der Waals surface area contributed by atoms with Gasteiger partial charge in [0.25, 0.3) is 0 Å². The van der Waals surface area contributed by atoms with Crippen molar-refractivity contribution < 1.29 is 24.9 Å². The first-order valence-electron chi connectivity index (χ1n) is 8.72. The average Bonchev–Trinajstić information content (AvgIpc) is 2.52. The molecule has 0 aromatic rings. The van der Waals surface area contributed by atoms with Crippen molar-refractivity contribution in [2.45, 2.75) is 83.8 Å². The number of hydrogen-bond donors (Lipinski definition) is 3. The van der Waals surface area contributed by atoms with Gasteiger partial charge in [-0.15, -0.1) is 0 Å². The third kappa shape index (κ3) is 9.38. The fourth-order valence-electron chi connectivity index (χ4n) is 2.42. The van der Waals surface area contributed by atoms with Crippen LogP contribution in [0.5, 0.6) is 0 Å². The molecule has 0 aliphatic heterocycles. The molecule has 0 spiro atoms. The largest absolute Gasteiger partial charge is 0.465 e. The number of esters is 1. The predicted molar refractivity (Wildman–Crippen MR) is 86.4 cm³/mol. The van der Waals surface area contributed by atoms with Crippen LogP contribution in [0.4, 0.5) is 0 Å². The Hall–Kier alpha value is -0.650. The first kappa shape index (κ1) is 21.4. The lowest BCUT2D eigenvalue weighted by Crippen LogP contribution is -2.39. The highest BCUT2D eigenvalue weighted by Gasteiger charge is 2.32. The Kier molecular flexibility index (Phi) is 13.6.